The molecule has 7 nitrogen and oxygen atoms in total. The second-order valence-corrected chi connectivity index (χ2v) is 7.52. The van der Waals surface area contributed by atoms with Crippen molar-refractivity contribution >= 4 is 40.7 Å². The van der Waals surface area contributed by atoms with Crippen LogP contribution in [-0.2, 0) is 15.3 Å². The third-order valence-electron chi connectivity index (χ3n) is 3.50. The van der Waals surface area contributed by atoms with Crippen LogP contribution in [0.4, 0.5) is 5.69 Å². The van der Waals surface area contributed by atoms with Crippen LogP contribution in [0.1, 0.15) is 25.1 Å². The maximum atomic E-state index is 12.0. The fourth-order valence-electron chi connectivity index (χ4n) is 2.26. The Morgan fingerprint density at radius 1 is 1.19 bits per heavy atom. The number of hydrogen-bond acceptors (Lipinski definition) is 8. The Morgan fingerprint density at radius 3 is 2.81 bits per heavy atom. The first-order valence-electron chi connectivity index (χ1n) is 8.20. The Hall–Kier alpha value is -2.65. The molecule has 1 N–H and O–H groups in total. The van der Waals surface area contributed by atoms with Crippen LogP contribution in [0.25, 0.3) is 10.8 Å². The molecule has 0 saturated heterocycles. The van der Waals surface area contributed by atoms with Gasteiger partial charge in [0.15, 0.2) is 5.82 Å². The Bertz CT molecular complexity index is 909. The summed E-state index contributed by atoms with van der Waals surface area (Å²) in [4.78, 5) is 28.6. The first kappa shape index (κ1) is 19.1. The van der Waals surface area contributed by atoms with Gasteiger partial charge in [0, 0.05) is 17.3 Å². The number of amides is 1. The van der Waals surface area contributed by atoms with Crippen LogP contribution >= 0.6 is 23.1 Å². The zero-order valence-electron chi connectivity index (χ0n) is 14.2. The molecule has 9 heteroatoms. The Morgan fingerprint density at radius 2 is 2.04 bits per heavy atom. The van der Waals surface area contributed by atoms with Gasteiger partial charge in [0.05, 0.1) is 16.3 Å². The number of para-hydroxylation sites is 1. The number of thioether (sulfide) groups is 1. The van der Waals surface area contributed by atoms with Crippen molar-refractivity contribution < 1.29 is 19.2 Å². The molecule has 0 bridgehead atoms. The Kier molecular flexibility index (Phi) is 6.61. The van der Waals surface area contributed by atoms with Crippen molar-refractivity contribution in [2.75, 3.05) is 5.32 Å². The number of carbonyl (C=O) groups is 2. The molecule has 0 aliphatic rings. The minimum Gasteiger partial charge on any atom is -0.550 e. The number of carboxylic acid groups (broad SMARTS) is 1. The van der Waals surface area contributed by atoms with Crippen LogP contribution < -0.4 is 10.4 Å². The number of aromatic nitrogens is 2. The van der Waals surface area contributed by atoms with E-state index in [1.807, 2.05) is 35.7 Å². The second kappa shape index (κ2) is 9.33. The molecule has 0 aliphatic heterocycles. The molecule has 3 aromatic rings. The van der Waals surface area contributed by atoms with Gasteiger partial charge in [-0.3, -0.25) is 4.79 Å². The van der Waals surface area contributed by atoms with Gasteiger partial charge in [-0.05, 0) is 36.4 Å². The van der Waals surface area contributed by atoms with Gasteiger partial charge in [-0.2, -0.15) is 4.98 Å². The van der Waals surface area contributed by atoms with Gasteiger partial charge in [0.2, 0.25) is 5.91 Å². The second-order valence-electron chi connectivity index (χ2n) is 5.55. The van der Waals surface area contributed by atoms with E-state index < -0.39 is 5.97 Å². The fraction of sp³-hybridized carbons (Fsp3) is 0.222. The number of carbonyl (C=O) groups excluding carboxylic acids is 2. The van der Waals surface area contributed by atoms with Crippen LogP contribution in [0.2, 0.25) is 0 Å². The summed E-state index contributed by atoms with van der Waals surface area (Å²) in [6.45, 7) is 0. The standard InChI is InChI=1S/C18H17N3O4S2/c22-16(8-3-9-17(23)24)19-12-5-1-2-6-13(12)27-11-15-20-18(25-21-15)14-7-4-10-26-14/h1-2,4-7,10H,3,8-9,11H2,(H,19,22)(H,23,24)/p-1. The molecule has 0 fully saturated rings. The fourth-order valence-corrected chi connectivity index (χ4v) is 3.75. The SMILES string of the molecule is O=C([O-])CCCC(=O)Nc1ccccc1SCc1noc(-c2cccs2)n1. The number of nitrogens with one attached hydrogen (secondary N) is 1. The molecular weight excluding hydrogens is 386 g/mol. The molecule has 1 amide bonds. The highest BCUT2D eigenvalue weighted by Crippen LogP contribution is 2.30. The molecule has 1 aromatic carbocycles. The third-order valence-corrected chi connectivity index (χ3v) is 5.43. The van der Waals surface area contributed by atoms with E-state index in [0.717, 1.165) is 9.77 Å². The number of carboxylic acids is 1. The van der Waals surface area contributed by atoms with Gasteiger partial charge < -0.3 is 19.7 Å². The van der Waals surface area contributed by atoms with Crippen molar-refractivity contribution in [2.24, 2.45) is 0 Å². The van der Waals surface area contributed by atoms with E-state index in [0.29, 0.717) is 23.2 Å². The lowest BCUT2D eigenvalue weighted by molar-refractivity contribution is -0.305. The van der Waals surface area contributed by atoms with Crippen LogP contribution in [0.5, 0.6) is 0 Å². The highest BCUT2D eigenvalue weighted by atomic mass is 32.2. The van der Waals surface area contributed by atoms with Crippen molar-refractivity contribution in [2.45, 2.75) is 29.9 Å². The zero-order chi connectivity index (χ0) is 19.1. The lowest BCUT2D eigenvalue weighted by Crippen LogP contribution is -2.22. The molecule has 0 aliphatic carbocycles. The highest BCUT2D eigenvalue weighted by molar-refractivity contribution is 7.98. The molecule has 2 heterocycles. The first-order valence-corrected chi connectivity index (χ1v) is 10.1. The first-order chi connectivity index (χ1) is 13.1. The molecule has 0 saturated carbocycles. The van der Waals surface area contributed by atoms with Crippen LogP contribution in [-0.4, -0.2) is 22.0 Å². The summed E-state index contributed by atoms with van der Waals surface area (Å²) in [5.74, 6) is 0.171. The number of rotatable bonds is 9. The van der Waals surface area contributed by atoms with E-state index in [2.05, 4.69) is 15.5 Å². The summed E-state index contributed by atoms with van der Waals surface area (Å²) in [7, 11) is 0. The van der Waals surface area contributed by atoms with Crippen LogP contribution in [0, 0.1) is 0 Å². The quantitative estimate of drug-likeness (QED) is 0.548. The summed E-state index contributed by atoms with van der Waals surface area (Å²) in [5, 5.41) is 19.2. The summed E-state index contributed by atoms with van der Waals surface area (Å²) in [5.41, 5.74) is 0.669. The molecule has 3 rings (SSSR count). The van der Waals surface area contributed by atoms with Crippen molar-refractivity contribution in [3.63, 3.8) is 0 Å². The van der Waals surface area contributed by atoms with E-state index in [9.17, 15) is 14.7 Å². The number of benzene rings is 1. The number of anilines is 1. The minimum atomic E-state index is -1.15. The van der Waals surface area contributed by atoms with Crippen molar-refractivity contribution in [1.82, 2.24) is 10.1 Å². The largest absolute Gasteiger partial charge is 0.550 e. The predicted octanol–water partition coefficient (Wildman–Crippen LogP) is 2.95. The highest BCUT2D eigenvalue weighted by Gasteiger charge is 2.12. The van der Waals surface area contributed by atoms with Gasteiger partial charge in [0.25, 0.3) is 5.89 Å². The lowest BCUT2D eigenvalue weighted by atomic mass is 10.2. The molecule has 140 valence electrons. The van der Waals surface area contributed by atoms with Gasteiger partial charge in [-0.25, -0.2) is 0 Å². The smallest absolute Gasteiger partial charge is 0.268 e. The molecule has 0 unspecified atom stereocenters. The number of aliphatic carboxylic acids is 1. The summed E-state index contributed by atoms with van der Waals surface area (Å²) >= 11 is 3.01. The topological polar surface area (TPSA) is 108 Å². The number of hydrogen-bond donors (Lipinski definition) is 1. The minimum absolute atomic E-state index is 0.127. The normalized spacial score (nSPS) is 10.7. The number of thiophene rings is 1. The molecule has 2 aromatic heterocycles. The van der Waals surface area contributed by atoms with Crippen molar-refractivity contribution in [3.05, 3.63) is 47.6 Å². The molecule has 27 heavy (non-hydrogen) atoms. The predicted molar refractivity (Wildman–Crippen MR) is 101 cm³/mol. The summed E-state index contributed by atoms with van der Waals surface area (Å²) in [6, 6.07) is 11.2. The van der Waals surface area contributed by atoms with Crippen LogP contribution in [0.15, 0.2) is 51.2 Å². The Balaban J connectivity index is 1.57. The zero-order valence-corrected chi connectivity index (χ0v) is 15.8. The van der Waals surface area contributed by atoms with E-state index in [-0.39, 0.29) is 25.2 Å². The average Bonchev–Trinajstić information content (AvgIpc) is 3.32. The molecular formula is C18H16N3O4S2-. The van der Waals surface area contributed by atoms with Crippen LogP contribution in [0.3, 0.4) is 0 Å². The summed E-state index contributed by atoms with van der Waals surface area (Å²) < 4.78 is 5.27. The van der Waals surface area contributed by atoms with Gasteiger partial charge in [0.1, 0.15) is 0 Å². The molecule has 0 radical (unpaired) electrons. The van der Waals surface area contributed by atoms with E-state index in [4.69, 9.17) is 4.52 Å². The van der Waals surface area contributed by atoms with E-state index in [1.54, 1.807) is 6.07 Å². The molecule has 0 atom stereocenters. The van der Waals surface area contributed by atoms with Gasteiger partial charge in [-0.1, -0.05) is 23.4 Å². The van der Waals surface area contributed by atoms with E-state index in [1.165, 1.54) is 23.1 Å². The van der Waals surface area contributed by atoms with Crippen molar-refractivity contribution in [3.8, 4) is 10.8 Å². The monoisotopic (exact) mass is 402 g/mol. The molecule has 0 spiro atoms. The van der Waals surface area contributed by atoms with Gasteiger partial charge in [-0.15, -0.1) is 23.1 Å². The number of nitrogens with zero attached hydrogens (tertiary/aromatic N) is 2. The average molecular weight is 402 g/mol. The third kappa shape index (κ3) is 5.66. The maximum Gasteiger partial charge on any atom is 0.268 e. The summed E-state index contributed by atoms with van der Waals surface area (Å²) in [6.07, 6.45) is 0.244. The van der Waals surface area contributed by atoms with Gasteiger partial charge >= 0.3 is 0 Å². The van der Waals surface area contributed by atoms with E-state index >= 15 is 0 Å². The Labute approximate surface area is 163 Å². The van der Waals surface area contributed by atoms with Crippen molar-refractivity contribution in [1.29, 1.82) is 0 Å². The maximum absolute atomic E-state index is 12.0. The lowest BCUT2D eigenvalue weighted by Gasteiger charge is -2.10.